The van der Waals surface area contributed by atoms with E-state index >= 15 is 0 Å². The molecular weight excluding hydrogens is 386 g/mol. The van der Waals surface area contributed by atoms with Gasteiger partial charge in [-0.2, -0.15) is 0 Å². The average Bonchev–Trinajstić information content (AvgIpc) is 2.54. The number of rotatable bonds is 3. The third-order valence-corrected chi connectivity index (χ3v) is 4.71. The maximum Gasteiger partial charge on any atom is 0.269 e. The highest BCUT2D eigenvalue weighted by Crippen LogP contribution is 2.33. The highest BCUT2D eigenvalue weighted by Gasteiger charge is 2.19. The third kappa shape index (κ3) is 4.48. The number of halogens is 1. The Bertz CT molecular complexity index is 740. The second kappa shape index (κ2) is 7.53. The Balaban J connectivity index is 2.20. The molecular formula is C19H22BrNO2S. The first-order valence-electron chi connectivity index (χ1n) is 7.62. The summed E-state index contributed by atoms with van der Waals surface area (Å²) in [7, 11) is 3.52. The first-order valence-corrected chi connectivity index (χ1v) is 8.82. The molecule has 0 aromatic heterocycles. The normalized spacial score (nSPS) is 11.1. The van der Waals surface area contributed by atoms with Gasteiger partial charge in [-0.15, -0.1) is 0 Å². The fraction of sp³-hybridized carbons (Fsp3) is 0.316. The van der Waals surface area contributed by atoms with Gasteiger partial charge in [-0.05, 0) is 53.5 Å². The van der Waals surface area contributed by atoms with E-state index in [0.29, 0.717) is 5.17 Å². The maximum atomic E-state index is 5.89. The van der Waals surface area contributed by atoms with Crippen LogP contribution in [0.15, 0.2) is 46.9 Å². The van der Waals surface area contributed by atoms with Crippen molar-refractivity contribution in [2.75, 3.05) is 19.1 Å². The zero-order chi connectivity index (χ0) is 17.9. The van der Waals surface area contributed by atoms with Crippen LogP contribution in [0.3, 0.4) is 0 Å². The molecule has 0 heterocycles. The molecule has 2 aromatic carbocycles. The molecule has 0 spiro atoms. The van der Waals surface area contributed by atoms with Gasteiger partial charge in [0, 0.05) is 23.3 Å². The van der Waals surface area contributed by atoms with Crippen LogP contribution in [0.4, 0.5) is 5.69 Å². The van der Waals surface area contributed by atoms with Crippen molar-refractivity contribution in [3.05, 3.63) is 52.5 Å². The summed E-state index contributed by atoms with van der Waals surface area (Å²) in [6, 6.07) is 13.6. The van der Waals surface area contributed by atoms with Crippen molar-refractivity contribution in [3.8, 4) is 11.5 Å². The van der Waals surface area contributed by atoms with Crippen LogP contribution < -0.4 is 14.4 Å². The van der Waals surface area contributed by atoms with E-state index in [1.54, 1.807) is 7.11 Å². The highest BCUT2D eigenvalue weighted by molar-refractivity contribution is 9.10. The van der Waals surface area contributed by atoms with Crippen molar-refractivity contribution in [1.82, 2.24) is 0 Å². The van der Waals surface area contributed by atoms with E-state index < -0.39 is 0 Å². The molecule has 0 saturated carbocycles. The van der Waals surface area contributed by atoms with Crippen molar-refractivity contribution < 1.29 is 9.47 Å². The minimum atomic E-state index is 0.0124. The number of thiocarbonyl (C=S) groups is 1. The first kappa shape index (κ1) is 18.7. The molecule has 0 bridgehead atoms. The van der Waals surface area contributed by atoms with Crippen LogP contribution in [0.2, 0.25) is 0 Å². The summed E-state index contributed by atoms with van der Waals surface area (Å²) in [6.07, 6.45) is 0. The average molecular weight is 408 g/mol. The van der Waals surface area contributed by atoms with Crippen LogP contribution >= 0.6 is 28.1 Å². The minimum absolute atomic E-state index is 0.0124. The number of hydrogen-bond acceptors (Lipinski definition) is 3. The van der Waals surface area contributed by atoms with Crippen LogP contribution in [0.25, 0.3) is 0 Å². The fourth-order valence-corrected chi connectivity index (χ4v) is 3.28. The summed E-state index contributed by atoms with van der Waals surface area (Å²) in [5, 5.41) is 0.380. The van der Waals surface area contributed by atoms with Crippen molar-refractivity contribution >= 4 is 39.0 Å². The summed E-state index contributed by atoms with van der Waals surface area (Å²) in [5.74, 6) is 1.50. The van der Waals surface area contributed by atoms with Gasteiger partial charge in [-0.25, -0.2) is 0 Å². The number of nitrogens with zero attached hydrogens (tertiary/aromatic N) is 1. The van der Waals surface area contributed by atoms with Crippen LogP contribution in [-0.4, -0.2) is 19.3 Å². The molecule has 24 heavy (non-hydrogen) atoms. The lowest BCUT2D eigenvalue weighted by atomic mass is 9.87. The van der Waals surface area contributed by atoms with E-state index in [0.717, 1.165) is 21.7 Å². The first-order chi connectivity index (χ1) is 11.2. The largest absolute Gasteiger partial charge is 0.497 e. The smallest absolute Gasteiger partial charge is 0.269 e. The zero-order valence-corrected chi connectivity index (χ0v) is 17.0. The summed E-state index contributed by atoms with van der Waals surface area (Å²) in [4.78, 5) is 1.82. The van der Waals surface area contributed by atoms with Gasteiger partial charge in [0.15, 0.2) is 0 Å². The minimum Gasteiger partial charge on any atom is -0.497 e. The van der Waals surface area contributed by atoms with E-state index in [2.05, 4.69) is 36.7 Å². The molecule has 0 unspecified atom stereocenters. The predicted octanol–water partition coefficient (Wildman–Crippen LogP) is 5.56. The second-order valence-electron chi connectivity index (χ2n) is 6.52. The molecule has 0 atom stereocenters. The Morgan fingerprint density at radius 3 is 2.42 bits per heavy atom. The monoisotopic (exact) mass is 407 g/mol. The van der Waals surface area contributed by atoms with Gasteiger partial charge in [-0.1, -0.05) is 42.8 Å². The quantitative estimate of drug-likeness (QED) is 0.621. The van der Waals surface area contributed by atoms with Crippen LogP contribution in [-0.2, 0) is 5.41 Å². The van der Waals surface area contributed by atoms with Crippen LogP contribution in [0.5, 0.6) is 11.5 Å². The molecule has 5 heteroatoms. The Morgan fingerprint density at radius 2 is 1.79 bits per heavy atom. The van der Waals surface area contributed by atoms with E-state index in [4.69, 9.17) is 21.7 Å². The summed E-state index contributed by atoms with van der Waals surface area (Å²) in [5.41, 5.74) is 2.10. The molecule has 0 aliphatic carbocycles. The number of benzene rings is 2. The summed E-state index contributed by atoms with van der Waals surface area (Å²) >= 11 is 9.04. The van der Waals surface area contributed by atoms with Crippen molar-refractivity contribution in [2.45, 2.75) is 26.2 Å². The van der Waals surface area contributed by atoms with E-state index in [9.17, 15) is 0 Å². The SMILES string of the molecule is COc1cccc(N(C)C(=S)Oc2ccc(Br)c(C(C)(C)C)c2)c1. The van der Waals surface area contributed by atoms with Gasteiger partial charge < -0.3 is 14.4 Å². The van der Waals surface area contributed by atoms with E-state index in [1.165, 1.54) is 5.56 Å². The second-order valence-corrected chi connectivity index (χ2v) is 7.72. The molecule has 0 saturated heterocycles. The van der Waals surface area contributed by atoms with Crippen molar-refractivity contribution in [2.24, 2.45) is 0 Å². The number of anilines is 1. The molecule has 0 aliphatic rings. The molecule has 0 fully saturated rings. The lowest BCUT2D eigenvalue weighted by molar-refractivity contribution is 0.415. The number of methoxy groups -OCH3 is 1. The molecule has 0 N–H and O–H groups in total. The maximum absolute atomic E-state index is 5.89. The van der Waals surface area contributed by atoms with Gasteiger partial charge in [-0.3, -0.25) is 0 Å². The molecule has 3 nitrogen and oxygen atoms in total. The molecule has 0 amide bonds. The molecule has 0 radical (unpaired) electrons. The Hall–Kier alpha value is -1.59. The van der Waals surface area contributed by atoms with Crippen molar-refractivity contribution in [3.63, 3.8) is 0 Å². The zero-order valence-electron chi connectivity index (χ0n) is 14.6. The molecule has 2 rings (SSSR count). The molecule has 0 aliphatic heterocycles. The summed E-state index contributed by atoms with van der Waals surface area (Å²) < 4.78 is 12.2. The number of hydrogen-bond donors (Lipinski definition) is 0. The third-order valence-electron chi connectivity index (χ3n) is 3.67. The van der Waals surface area contributed by atoms with Gasteiger partial charge in [0.05, 0.1) is 7.11 Å². The Kier molecular flexibility index (Phi) is 5.88. The van der Waals surface area contributed by atoms with Gasteiger partial charge in [0.2, 0.25) is 0 Å². The van der Waals surface area contributed by atoms with Gasteiger partial charge >= 0.3 is 0 Å². The van der Waals surface area contributed by atoms with Crippen LogP contribution in [0, 0.1) is 0 Å². The number of ether oxygens (including phenoxy) is 2. The molecule has 128 valence electrons. The van der Waals surface area contributed by atoms with Crippen LogP contribution in [0.1, 0.15) is 26.3 Å². The standard InChI is InChI=1S/C19H22BrNO2S/c1-19(2,3)16-12-15(9-10-17(16)20)23-18(24)21(4)13-7-6-8-14(11-13)22-5/h6-12H,1-5H3. The summed E-state index contributed by atoms with van der Waals surface area (Å²) in [6.45, 7) is 6.49. The Morgan fingerprint density at radius 1 is 1.08 bits per heavy atom. The topological polar surface area (TPSA) is 21.7 Å². The highest BCUT2D eigenvalue weighted by atomic mass is 79.9. The predicted molar refractivity (Wildman–Crippen MR) is 107 cm³/mol. The lowest BCUT2D eigenvalue weighted by Gasteiger charge is -2.23. The Labute approximate surface area is 157 Å². The fourth-order valence-electron chi connectivity index (χ4n) is 2.24. The van der Waals surface area contributed by atoms with E-state index in [-0.39, 0.29) is 5.41 Å². The van der Waals surface area contributed by atoms with Gasteiger partial charge in [0.25, 0.3) is 5.17 Å². The van der Waals surface area contributed by atoms with Crippen molar-refractivity contribution in [1.29, 1.82) is 0 Å². The molecule has 2 aromatic rings. The van der Waals surface area contributed by atoms with Gasteiger partial charge in [0.1, 0.15) is 11.5 Å². The van der Waals surface area contributed by atoms with E-state index in [1.807, 2.05) is 54.4 Å². The lowest BCUT2D eigenvalue weighted by Crippen LogP contribution is -2.29.